The van der Waals surface area contributed by atoms with Crippen LogP contribution in [0.4, 0.5) is 0 Å². The van der Waals surface area contributed by atoms with E-state index in [1.54, 1.807) is 12.1 Å². The van der Waals surface area contributed by atoms with Crippen molar-refractivity contribution in [2.75, 3.05) is 6.54 Å². The van der Waals surface area contributed by atoms with Gasteiger partial charge in [0, 0.05) is 12.1 Å². The molecule has 3 nitrogen and oxygen atoms in total. The maximum absolute atomic E-state index is 9.28. The first-order valence-corrected chi connectivity index (χ1v) is 7.47. The normalized spacial score (nSPS) is 10.6. The number of hydrogen-bond donors (Lipinski definition) is 2. The third-order valence-electron chi connectivity index (χ3n) is 3.11. The Kier molecular flexibility index (Phi) is 5.90. The molecule has 2 N–H and O–H groups in total. The molecule has 0 atom stereocenters. The Balaban J connectivity index is 2.05. The molecule has 0 aliphatic rings. The lowest BCUT2D eigenvalue weighted by Crippen LogP contribution is -2.14. The number of nitrogens with one attached hydrogen (secondary N) is 1. The van der Waals surface area contributed by atoms with Gasteiger partial charge in [0.05, 0.1) is 5.02 Å². The highest BCUT2D eigenvalue weighted by molar-refractivity contribution is 6.32. The first kappa shape index (κ1) is 15.7. The molecule has 112 valence electrons. The maximum Gasteiger partial charge on any atom is 0.142 e. The van der Waals surface area contributed by atoms with E-state index in [4.69, 9.17) is 16.3 Å². The number of phenolic OH excluding ortho intramolecular Hbond substituents is 1. The number of aromatic hydroxyl groups is 1. The molecule has 4 heteroatoms. The van der Waals surface area contributed by atoms with E-state index in [-0.39, 0.29) is 5.75 Å². The Morgan fingerprint density at radius 1 is 1.14 bits per heavy atom. The molecule has 0 saturated heterocycles. The molecule has 2 aromatic carbocycles. The number of hydrogen-bond acceptors (Lipinski definition) is 3. The minimum absolute atomic E-state index is 0.251. The molecule has 0 radical (unpaired) electrons. The third-order valence-corrected chi connectivity index (χ3v) is 3.41. The highest BCUT2D eigenvalue weighted by atomic mass is 35.5. The van der Waals surface area contributed by atoms with E-state index in [2.05, 4.69) is 12.2 Å². The van der Waals surface area contributed by atoms with E-state index in [9.17, 15) is 5.11 Å². The van der Waals surface area contributed by atoms with Crippen LogP contribution in [-0.2, 0) is 13.2 Å². The van der Waals surface area contributed by atoms with Crippen molar-refractivity contribution in [1.29, 1.82) is 0 Å². The summed E-state index contributed by atoms with van der Waals surface area (Å²) in [6.07, 6.45) is 1.09. The monoisotopic (exact) mass is 305 g/mol. The van der Waals surface area contributed by atoms with Gasteiger partial charge in [-0.3, -0.25) is 0 Å². The van der Waals surface area contributed by atoms with Crippen LogP contribution in [0.2, 0.25) is 5.02 Å². The van der Waals surface area contributed by atoms with E-state index in [0.717, 1.165) is 36.4 Å². The Morgan fingerprint density at radius 3 is 2.62 bits per heavy atom. The van der Waals surface area contributed by atoms with Crippen molar-refractivity contribution in [1.82, 2.24) is 5.32 Å². The Hall–Kier alpha value is -1.71. The summed E-state index contributed by atoms with van der Waals surface area (Å²) in [5.41, 5.74) is 2.04. The largest absolute Gasteiger partial charge is 0.508 e. The summed E-state index contributed by atoms with van der Waals surface area (Å²) in [6, 6.07) is 12.7. The van der Waals surface area contributed by atoms with Crippen LogP contribution in [0.1, 0.15) is 24.5 Å². The second kappa shape index (κ2) is 7.91. The molecule has 0 aliphatic heterocycles. The number of benzene rings is 2. The molecular formula is C17H20ClNO2. The van der Waals surface area contributed by atoms with E-state index < -0.39 is 0 Å². The number of rotatable bonds is 7. The van der Waals surface area contributed by atoms with E-state index in [0.29, 0.717) is 11.6 Å². The molecular weight excluding hydrogens is 286 g/mol. The van der Waals surface area contributed by atoms with Crippen LogP contribution in [0.3, 0.4) is 0 Å². The van der Waals surface area contributed by atoms with Crippen molar-refractivity contribution >= 4 is 11.6 Å². The van der Waals surface area contributed by atoms with Gasteiger partial charge in [0.1, 0.15) is 18.1 Å². The average molecular weight is 306 g/mol. The van der Waals surface area contributed by atoms with Gasteiger partial charge in [-0.2, -0.15) is 0 Å². The van der Waals surface area contributed by atoms with Gasteiger partial charge < -0.3 is 15.2 Å². The summed E-state index contributed by atoms with van der Waals surface area (Å²) in [5, 5.41) is 13.2. The fourth-order valence-electron chi connectivity index (χ4n) is 2.00. The SMILES string of the molecule is CCCNCc1cccc(Cl)c1OCc1ccc(O)cc1. The van der Waals surface area contributed by atoms with Gasteiger partial charge in [0.25, 0.3) is 0 Å². The predicted molar refractivity (Wildman–Crippen MR) is 85.9 cm³/mol. The lowest BCUT2D eigenvalue weighted by Gasteiger charge is -2.14. The summed E-state index contributed by atoms with van der Waals surface area (Å²) < 4.78 is 5.87. The maximum atomic E-state index is 9.28. The molecule has 0 fully saturated rings. The number of ether oxygens (including phenoxy) is 1. The number of halogens is 1. The minimum Gasteiger partial charge on any atom is -0.508 e. The molecule has 2 rings (SSSR count). The molecule has 0 spiro atoms. The van der Waals surface area contributed by atoms with Crippen LogP contribution < -0.4 is 10.1 Å². The molecule has 0 saturated carbocycles. The molecule has 0 amide bonds. The Bertz CT molecular complexity index is 570. The molecule has 2 aromatic rings. The van der Waals surface area contributed by atoms with Crippen LogP contribution in [0.15, 0.2) is 42.5 Å². The highest BCUT2D eigenvalue weighted by Gasteiger charge is 2.08. The van der Waals surface area contributed by atoms with Gasteiger partial charge in [0.2, 0.25) is 0 Å². The average Bonchev–Trinajstić information content (AvgIpc) is 2.48. The Labute approximate surface area is 130 Å². The van der Waals surface area contributed by atoms with Crippen molar-refractivity contribution in [3.8, 4) is 11.5 Å². The molecule has 0 unspecified atom stereocenters. The Morgan fingerprint density at radius 2 is 1.90 bits per heavy atom. The summed E-state index contributed by atoms with van der Waals surface area (Å²) in [6.45, 7) is 4.25. The predicted octanol–water partition coefficient (Wildman–Crippen LogP) is 4.12. The zero-order chi connectivity index (χ0) is 15.1. The zero-order valence-electron chi connectivity index (χ0n) is 12.1. The van der Waals surface area contributed by atoms with Crippen LogP contribution in [0.5, 0.6) is 11.5 Å². The standard InChI is InChI=1S/C17H20ClNO2/c1-2-10-19-11-14-4-3-5-16(18)17(14)21-12-13-6-8-15(20)9-7-13/h3-9,19-20H,2,10-12H2,1H3. The van der Waals surface area contributed by atoms with Gasteiger partial charge in [0.15, 0.2) is 0 Å². The molecule has 0 bridgehead atoms. The van der Waals surface area contributed by atoms with E-state index in [1.165, 1.54) is 0 Å². The minimum atomic E-state index is 0.251. The zero-order valence-corrected chi connectivity index (χ0v) is 12.9. The van der Waals surface area contributed by atoms with Gasteiger partial charge >= 0.3 is 0 Å². The van der Waals surface area contributed by atoms with Gasteiger partial charge in [-0.05, 0) is 36.7 Å². The summed E-state index contributed by atoms with van der Waals surface area (Å²) in [4.78, 5) is 0. The quantitative estimate of drug-likeness (QED) is 0.756. The molecule has 21 heavy (non-hydrogen) atoms. The fraction of sp³-hybridized carbons (Fsp3) is 0.294. The van der Waals surface area contributed by atoms with Gasteiger partial charge in [-0.25, -0.2) is 0 Å². The van der Waals surface area contributed by atoms with E-state index in [1.807, 2.05) is 30.3 Å². The lowest BCUT2D eigenvalue weighted by atomic mass is 10.2. The van der Waals surface area contributed by atoms with Crippen LogP contribution in [0, 0.1) is 0 Å². The topological polar surface area (TPSA) is 41.5 Å². The molecule has 0 heterocycles. The fourth-order valence-corrected chi connectivity index (χ4v) is 2.25. The first-order chi connectivity index (χ1) is 10.2. The summed E-state index contributed by atoms with van der Waals surface area (Å²) in [7, 11) is 0. The molecule has 0 aliphatic carbocycles. The van der Waals surface area contributed by atoms with Crippen LogP contribution >= 0.6 is 11.6 Å². The van der Waals surface area contributed by atoms with Gasteiger partial charge in [-0.15, -0.1) is 0 Å². The van der Waals surface area contributed by atoms with Gasteiger partial charge in [-0.1, -0.05) is 42.8 Å². The lowest BCUT2D eigenvalue weighted by molar-refractivity contribution is 0.302. The summed E-state index contributed by atoms with van der Waals surface area (Å²) >= 11 is 6.24. The van der Waals surface area contributed by atoms with Crippen molar-refractivity contribution in [3.05, 3.63) is 58.6 Å². The molecule has 0 aromatic heterocycles. The first-order valence-electron chi connectivity index (χ1n) is 7.09. The highest BCUT2D eigenvalue weighted by Crippen LogP contribution is 2.29. The van der Waals surface area contributed by atoms with E-state index >= 15 is 0 Å². The van der Waals surface area contributed by atoms with Crippen LogP contribution in [0.25, 0.3) is 0 Å². The number of phenols is 1. The van der Waals surface area contributed by atoms with Crippen LogP contribution in [-0.4, -0.2) is 11.7 Å². The second-order valence-electron chi connectivity index (χ2n) is 4.86. The van der Waals surface area contributed by atoms with Crippen molar-refractivity contribution < 1.29 is 9.84 Å². The third kappa shape index (κ3) is 4.66. The van der Waals surface area contributed by atoms with Crippen molar-refractivity contribution in [2.24, 2.45) is 0 Å². The van der Waals surface area contributed by atoms with Crippen molar-refractivity contribution in [2.45, 2.75) is 26.5 Å². The number of para-hydroxylation sites is 1. The van der Waals surface area contributed by atoms with Crippen molar-refractivity contribution in [3.63, 3.8) is 0 Å². The second-order valence-corrected chi connectivity index (χ2v) is 5.27. The smallest absolute Gasteiger partial charge is 0.142 e. The summed E-state index contributed by atoms with van der Waals surface area (Å²) in [5.74, 6) is 0.969.